The first kappa shape index (κ1) is 15.5. The monoisotopic (exact) mass is 292 g/mol. The van der Waals surface area contributed by atoms with Crippen LogP contribution < -0.4 is 5.32 Å². The Morgan fingerprint density at radius 2 is 2.05 bits per heavy atom. The smallest absolute Gasteiger partial charge is 0.246 e. The molecule has 0 spiro atoms. The molecule has 0 aromatic carbocycles. The molecule has 1 fully saturated rings. The number of carbonyl (C=O) groups excluding carboxylic acids is 2. The molecule has 1 aliphatic rings. The molecule has 0 saturated carbocycles. The number of hydrogen-bond acceptors (Lipinski definition) is 3. The van der Waals surface area contributed by atoms with Crippen LogP contribution in [-0.2, 0) is 22.7 Å². The summed E-state index contributed by atoms with van der Waals surface area (Å²) < 4.78 is 1.83. The fourth-order valence-corrected chi connectivity index (χ4v) is 2.76. The van der Waals surface area contributed by atoms with E-state index in [4.69, 9.17) is 0 Å². The number of carbonyl (C=O) groups is 2. The van der Waals surface area contributed by atoms with Gasteiger partial charge in [-0.15, -0.1) is 0 Å². The van der Waals surface area contributed by atoms with Gasteiger partial charge < -0.3 is 10.2 Å². The predicted molar refractivity (Wildman–Crippen MR) is 79.4 cm³/mol. The Bertz CT molecular complexity index is 512. The molecule has 0 radical (unpaired) electrons. The van der Waals surface area contributed by atoms with Crippen LogP contribution in [0.4, 0.5) is 0 Å². The fourth-order valence-electron chi connectivity index (χ4n) is 2.76. The summed E-state index contributed by atoms with van der Waals surface area (Å²) in [4.78, 5) is 26.5. The van der Waals surface area contributed by atoms with Crippen molar-refractivity contribution >= 4 is 11.8 Å². The van der Waals surface area contributed by atoms with Crippen LogP contribution in [0.1, 0.15) is 45.6 Å². The molecule has 1 aromatic rings. The van der Waals surface area contributed by atoms with Gasteiger partial charge >= 0.3 is 0 Å². The van der Waals surface area contributed by atoms with E-state index in [0.29, 0.717) is 19.4 Å². The van der Waals surface area contributed by atoms with Gasteiger partial charge in [-0.3, -0.25) is 14.3 Å². The van der Waals surface area contributed by atoms with Crippen LogP contribution >= 0.6 is 0 Å². The Hall–Kier alpha value is -1.85. The zero-order valence-electron chi connectivity index (χ0n) is 13.0. The Morgan fingerprint density at radius 1 is 1.29 bits per heavy atom. The molecule has 21 heavy (non-hydrogen) atoms. The second kappa shape index (κ2) is 6.74. The molecular weight excluding hydrogens is 268 g/mol. The number of amides is 2. The van der Waals surface area contributed by atoms with Crippen molar-refractivity contribution in [2.45, 2.75) is 65.2 Å². The quantitative estimate of drug-likeness (QED) is 0.859. The van der Waals surface area contributed by atoms with Crippen LogP contribution in [0, 0.1) is 0 Å². The van der Waals surface area contributed by atoms with E-state index in [0.717, 1.165) is 18.5 Å². The molecule has 116 valence electrons. The summed E-state index contributed by atoms with van der Waals surface area (Å²) in [7, 11) is 0. The molecule has 2 unspecified atom stereocenters. The molecule has 0 aliphatic carbocycles. The van der Waals surface area contributed by atoms with E-state index in [-0.39, 0.29) is 23.9 Å². The SMILES string of the molecule is CCCC1NC(=O)C(CC)N(Cc2cnn(CC)c2)C1=O. The van der Waals surface area contributed by atoms with E-state index in [1.165, 1.54) is 0 Å². The minimum absolute atomic E-state index is 0.0209. The highest BCUT2D eigenvalue weighted by atomic mass is 16.2. The van der Waals surface area contributed by atoms with Gasteiger partial charge in [-0.25, -0.2) is 0 Å². The molecule has 2 rings (SSSR count). The van der Waals surface area contributed by atoms with Crippen LogP contribution in [0.15, 0.2) is 12.4 Å². The van der Waals surface area contributed by atoms with Crippen LogP contribution in [0.2, 0.25) is 0 Å². The fraction of sp³-hybridized carbons (Fsp3) is 0.667. The maximum Gasteiger partial charge on any atom is 0.246 e. The van der Waals surface area contributed by atoms with Gasteiger partial charge in [0.25, 0.3) is 0 Å². The zero-order chi connectivity index (χ0) is 15.4. The number of rotatable bonds is 6. The molecule has 2 amide bonds. The first-order chi connectivity index (χ1) is 10.1. The van der Waals surface area contributed by atoms with Crippen molar-refractivity contribution in [2.24, 2.45) is 0 Å². The number of aryl methyl sites for hydroxylation is 1. The summed E-state index contributed by atoms with van der Waals surface area (Å²) in [5, 5.41) is 7.08. The van der Waals surface area contributed by atoms with Crippen molar-refractivity contribution in [1.29, 1.82) is 0 Å². The third-order valence-electron chi connectivity index (χ3n) is 3.90. The van der Waals surface area contributed by atoms with E-state index < -0.39 is 0 Å². The minimum Gasteiger partial charge on any atom is -0.343 e. The largest absolute Gasteiger partial charge is 0.343 e. The second-order valence-electron chi connectivity index (χ2n) is 5.44. The molecule has 0 bridgehead atoms. The first-order valence-electron chi connectivity index (χ1n) is 7.72. The average Bonchev–Trinajstić information content (AvgIpc) is 2.92. The lowest BCUT2D eigenvalue weighted by Crippen LogP contribution is -2.62. The lowest BCUT2D eigenvalue weighted by atomic mass is 10.0. The summed E-state index contributed by atoms with van der Waals surface area (Å²) >= 11 is 0. The van der Waals surface area contributed by atoms with Crippen molar-refractivity contribution in [1.82, 2.24) is 20.0 Å². The molecule has 6 nitrogen and oxygen atoms in total. The van der Waals surface area contributed by atoms with E-state index >= 15 is 0 Å². The van der Waals surface area contributed by atoms with Gasteiger partial charge in [0.15, 0.2) is 0 Å². The normalized spacial score (nSPS) is 22.5. The van der Waals surface area contributed by atoms with Gasteiger partial charge in [0.2, 0.25) is 11.8 Å². The van der Waals surface area contributed by atoms with Gasteiger partial charge in [-0.2, -0.15) is 5.10 Å². The molecular formula is C15H24N4O2. The summed E-state index contributed by atoms with van der Waals surface area (Å²) in [5.41, 5.74) is 0.966. The Kier molecular flexibility index (Phi) is 4.98. The van der Waals surface area contributed by atoms with Crippen LogP contribution in [0.3, 0.4) is 0 Å². The van der Waals surface area contributed by atoms with Crippen molar-refractivity contribution in [3.05, 3.63) is 18.0 Å². The topological polar surface area (TPSA) is 67.2 Å². The highest BCUT2D eigenvalue weighted by molar-refractivity contribution is 5.96. The van der Waals surface area contributed by atoms with Crippen molar-refractivity contribution in [3.63, 3.8) is 0 Å². The third-order valence-corrected chi connectivity index (χ3v) is 3.90. The lowest BCUT2D eigenvalue weighted by Gasteiger charge is -2.38. The van der Waals surface area contributed by atoms with Gasteiger partial charge in [-0.05, 0) is 19.8 Å². The Labute approximate surface area is 125 Å². The molecule has 6 heteroatoms. The van der Waals surface area contributed by atoms with Gasteiger partial charge in [-0.1, -0.05) is 20.3 Å². The molecule has 1 saturated heterocycles. The maximum absolute atomic E-state index is 12.6. The van der Waals surface area contributed by atoms with E-state index in [1.54, 1.807) is 11.1 Å². The highest BCUT2D eigenvalue weighted by Gasteiger charge is 2.39. The Morgan fingerprint density at radius 3 is 2.62 bits per heavy atom. The molecule has 1 N–H and O–H groups in total. The second-order valence-corrected chi connectivity index (χ2v) is 5.44. The predicted octanol–water partition coefficient (Wildman–Crippen LogP) is 1.31. The van der Waals surface area contributed by atoms with Crippen molar-refractivity contribution < 1.29 is 9.59 Å². The van der Waals surface area contributed by atoms with E-state index in [1.807, 2.05) is 31.6 Å². The Balaban J connectivity index is 2.18. The van der Waals surface area contributed by atoms with Gasteiger partial charge in [0, 0.05) is 24.8 Å². The molecule has 2 atom stereocenters. The number of hydrogen-bond donors (Lipinski definition) is 1. The third kappa shape index (κ3) is 3.25. The van der Waals surface area contributed by atoms with Crippen LogP contribution in [-0.4, -0.2) is 38.6 Å². The zero-order valence-corrected chi connectivity index (χ0v) is 13.0. The minimum atomic E-state index is -0.383. The van der Waals surface area contributed by atoms with Gasteiger partial charge in [0.05, 0.1) is 6.20 Å². The van der Waals surface area contributed by atoms with Crippen LogP contribution in [0.5, 0.6) is 0 Å². The summed E-state index contributed by atoms with van der Waals surface area (Å²) in [6, 6.07) is -0.762. The first-order valence-corrected chi connectivity index (χ1v) is 7.72. The van der Waals surface area contributed by atoms with E-state index in [2.05, 4.69) is 10.4 Å². The lowest BCUT2D eigenvalue weighted by molar-refractivity contribution is -0.150. The average molecular weight is 292 g/mol. The molecule has 1 aliphatic heterocycles. The maximum atomic E-state index is 12.6. The van der Waals surface area contributed by atoms with Crippen molar-refractivity contribution in [3.8, 4) is 0 Å². The number of nitrogens with one attached hydrogen (secondary N) is 1. The summed E-state index contributed by atoms with van der Waals surface area (Å²) in [6.45, 7) is 7.21. The summed E-state index contributed by atoms with van der Waals surface area (Å²) in [6.07, 6.45) is 5.88. The molecule has 2 heterocycles. The number of nitrogens with zero attached hydrogens (tertiary/aromatic N) is 3. The molecule has 1 aromatic heterocycles. The number of piperazine rings is 1. The number of aromatic nitrogens is 2. The highest BCUT2D eigenvalue weighted by Crippen LogP contribution is 2.18. The van der Waals surface area contributed by atoms with E-state index in [9.17, 15) is 9.59 Å². The van der Waals surface area contributed by atoms with Crippen LogP contribution in [0.25, 0.3) is 0 Å². The summed E-state index contributed by atoms with van der Waals surface area (Å²) in [5.74, 6) is -0.0222. The van der Waals surface area contributed by atoms with Gasteiger partial charge in [0.1, 0.15) is 12.1 Å². The standard InChI is InChI=1S/C15H24N4O2/c1-4-7-12-15(21)19(13(5-2)14(20)17-12)10-11-8-16-18(6-3)9-11/h8-9,12-13H,4-7,10H2,1-3H3,(H,17,20). The van der Waals surface area contributed by atoms with Crippen molar-refractivity contribution in [2.75, 3.05) is 0 Å².